The molecule has 0 heterocycles. The van der Waals surface area contributed by atoms with Crippen molar-refractivity contribution in [2.24, 2.45) is 11.8 Å². The maximum atomic E-state index is 12.9. The zero-order valence-electron chi connectivity index (χ0n) is 16.2. The van der Waals surface area contributed by atoms with Gasteiger partial charge in [0.2, 0.25) is 10.0 Å². The zero-order valence-corrected chi connectivity index (χ0v) is 17.8. The largest absolute Gasteiger partial charge is 0.301 e. The van der Waals surface area contributed by atoms with Crippen LogP contribution in [0.5, 0.6) is 0 Å². The molecule has 0 spiro atoms. The average molecular weight is 406 g/mol. The maximum Gasteiger partial charge on any atom is 0.301 e. The predicted octanol–water partition coefficient (Wildman–Crippen LogP) is 3.11. The molecule has 7 nitrogen and oxygen atoms in total. The fourth-order valence-corrected chi connectivity index (χ4v) is 4.07. The van der Waals surface area contributed by atoms with Crippen molar-refractivity contribution in [1.29, 1.82) is 0 Å². The van der Waals surface area contributed by atoms with Crippen molar-refractivity contribution >= 4 is 31.6 Å². The summed E-state index contributed by atoms with van der Waals surface area (Å²) in [6.07, 6.45) is 2.53. The third-order valence-corrected chi connectivity index (χ3v) is 5.83. The molecule has 0 bridgehead atoms. The number of anilines is 2. The van der Waals surface area contributed by atoms with Gasteiger partial charge in [0.05, 0.1) is 17.6 Å². The third kappa shape index (κ3) is 8.37. The third-order valence-electron chi connectivity index (χ3n) is 3.71. The van der Waals surface area contributed by atoms with Crippen molar-refractivity contribution in [1.82, 2.24) is 4.31 Å². The summed E-state index contributed by atoms with van der Waals surface area (Å²) in [7, 11) is -7.31. The summed E-state index contributed by atoms with van der Waals surface area (Å²) in [6.45, 7) is 9.03. The number of benzene rings is 1. The highest BCUT2D eigenvalue weighted by molar-refractivity contribution is 7.92. The summed E-state index contributed by atoms with van der Waals surface area (Å²) in [4.78, 5) is 0. The molecule has 1 aromatic rings. The first-order valence-corrected chi connectivity index (χ1v) is 12.1. The van der Waals surface area contributed by atoms with E-state index in [0.29, 0.717) is 24.9 Å². The molecule has 1 rings (SSSR count). The number of nitrogens with zero attached hydrogens (tertiary/aromatic N) is 1. The van der Waals surface area contributed by atoms with Gasteiger partial charge >= 0.3 is 10.2 Å². The van der Waals surface area contributed by atoms with Crippen LogP contribution in [0, 0.1) is 11.8 Å². The van der Waals surface area contributed by atoms with Crippen LogP contribution >= 0.6 is 0 Å². The van der Waals surface area contributed by atoms with Crippen molar-refractivity contribution in [3.63, 3.8) is 0 Å². The highest BCUT2D eigenvalue weighted by atomic mass is 32.2. The molecule has 0 radical (unpaired) electrons. The van der Waals surface area contributed by atoms with E-state index in [9.17, 15) is 16.8 Å². The molecule has 0 aliphatic heterocycles. The topological polar surface area (TPSA) is 95.6 Å². The normalized spacial score (nSPS) is 12.8. The van der Waals surface area contributed by atoms with Crippen LogP contribution in [-0.2, 0) is 20.2 Å². The molecule has 0 saturated heterocycles. The minimum atomic E-state index is -3.80. The maximum absolute atomic E-state index is 12.9. The molecule has 26 heavy (non-hydrogen) atoms. The molecular weight excluding hydrogens is 374 g/mol. The lowest BCUT2D eigenvalue weighted by atomic mass is 10.1. The summed E-state index contributed by atoms with van der Waals surface area (Å²) in [5, 5.41) is 0. The highest BCUT2D eigenvalue weighted by Gasteiger charge is 2.23. The van der Waals surface area contributed by atoms with Crippen molar-refractivity contribution in [2.45, 2.75) is 40.5 Å². The molecular formula is C17H31N3O4S2. The van der Waals surface area contributed by atoms with E-state index in [1.54, 1.807) is 12.1 Å². The number of hydrogen-bond donors (Lipinski definition) is 2. The number of sulfonamides is 1. The first-order chi connectivity index (χ1) is 11.9. The Labute approximate surface area is 158 Å². The summed E-state index contributed by atoms with van der Waals surface area (Å²) >= 11 is 0. The van der Waals surface area contributed by atoms with Crippen molar-refractivity contribution in [2.75, 3.05) is 28.8 Å². The van der Waals surface area contributed by atoms with Gasteiger partial charge in [0, 0.05) is 13.1 Å². The Morgan fingerprint density at radius 3 is 1.65 bits per heavy atom. The minimum Gasteiger partial charge on any atom is -0.282 e. The quantitative estimate of drug-likeness (QED) is 0.591. The molecule has 0 amide bonds. The summed E-state index contributed by atoms with van der Waals surface area (Å²) in [5.74, 6) is 0.761. The van der Waals surface area contributed by atoms with Crippen LogP contribution < -0.4 is 9.44 Å². The van der Waals surface area contributed by atoms with Gasteiger partial charge in [0.15, 0.2) is 0 Å². The first kappa shape index (κ1) is 22.7. The number of para-hydroxylation sites is 2. The van der Waals surface area contributed by atoms with E-state index >= 15 is 0 Å². The fraction of sp³-hybridized carbons (Fsp3) is 0.647. The average Bonchev–Trinajstić information content (AvgIpc) is 2.46. The Hall–Kier alpha value is -1.32. The van der Waals surface area contributed by atoms with Gasteiger partial charge in [0.1, 0.15) is 0 Å². The first-order valence-electron chi connectivity index (χ1n) is 8.75. The van der Waals surface area contributed by atoms with E-state index in [0.717, 1.165) is 19.1 Å². The molecule has 0 unspecified atom stereocenters. The lowest BCUT2D eigenvalue weighted by molar-refractivity contribution is 0.359. The summed E-state index contributed by atoms with van der Waals surface area (Å²) in [5.41, 5.74) is 0.406. The number of rotatable bonds is 11. The lowest BCUT2D eigenvalue weighted by Crippen LogP contribution is -2.38. The predicted molar refractivity (Wildman–Crippen MR) is 108 cm³/mol. The Kier molecular flexibility index (Phi) is 8.36. The smallest absolute Gasteiger partial charge is 0.282 e. The van der Waals surface area contributed by atoms with Crippen LogP contribution in [0.3, 0.4) is 0 Å². The molecule has 0 aromatic heterocycles. The van der Waals surface area contributed by atoms with Crippen LogP contribution in [-0.4, -0.2) is 40.5 Å². The Balaban J connectivity index is 3.05. The molecule has 0 aliphatic rings. The summed E-state index contributed by atoms with van der Waals surface area (Å²) < 4.78 is 55.1. The second-order valence-corrected chi connectivity index (χ2v) is 10.7. The van der Waals surface area contributed by atoms with Gasteiger partial charge in [-0.3, -0.25) is 9.44 Å². The molecule has 150 valence electrons. The van der Waals surface area contributed by atoms with Crippen molar-refractivity contribution in [3.8, 4) is 0 Å². The van der Waals surface area contributed by atoms with E-state index in [4.69, 9.17) is 0 Å². The van der Waals surface area contributed by atoms with Crippen LogP contribution in [0.25, 0.3) is 0 Å². The molecule has 0 fully saturated rings. The van der Waals surface area contributed by atoms with E-state index in [-0.39, 0.29) is 11.4 Å². The van der Waals surface area contributed by atoms with Gasteiger partial charge in [-0.05, 0) is 36.8 Å². The summed E-state index contributed by atoms with van der Waals surface area (Å²) in [6, 6.07) is 6.35. The monoisotopic (exact) mass is 405 g/mol. The van der Waals surface area contributed by atoms with Gasteiger partial charge in [0.25, 0.3) is 0 Å². The van der Waals surface area contributed by atoms with E-state index in [1.165, 1.54) is 16.4 Å². The second-order valence-electron chi connectivity index (χ2n) is 7.29. The van der Waals surface area contributed by atoms with Crippen LogP contribution in [0.1, 0.15) is 40.5 Å². The standard InChI is InChI=1S/C17H31N3O4S2/c1-14(2)10-12-20(13-11-15(3)4)26(23,24)19-17-9-7-6-8-16(17)18-25(5,21)22/h6-9,14-15,18-19H,10-13H2,1-5H3. The molecule has 2 N–H and O–H groups in total. The zero-order chi connectivity index (χ0) is 20.0. The van der Waals surface area contributed by atoms with Gasteiger partial charge in [-0.25, -0.2) is 8.42 Å². The van der Waals surface area contributed by atoms with Crippen molar-refractivity contribution < 1.29 is 16.8 Å². The fourth-order valence-electron chi connectivity index (χ4n) is 2.22. The van der Waals surface area contributed by atoms with Gasteiger partial charge < -0.3 is 0 Å². The number of hydrogen-bond acceptors (Lipinski definition) is 4. The minimum absolute atomic E-state index is 0.200. The lowest BCUT2D eigenvalue weighted by Gasteiger charge is -2.25. The molecule has 0 saturated carbocycles. The van der Waals surface area contributed by atoms with Gasteiger partial charge in [-0.2, -0.15) is 12.7 Å². The SMILES string of the molecule is CC(C)CCN(CCC(C)C)S(=O)(=O)Nc1ccccc1NS(C)(=O)=O. The molecule has 9 heteroatoms. The highest BCUT2D eigenvalue weighted by Crippen LogP contribution is 2.24. The van der Waals surface area contributed by atoms with Crippen LogP contribution in [0.2, 0.25) is 0 Å². The van der Waals surface area contributed by atoms with Gasteiger partial charge in [-0.1, -0.05) is 39.8 Å². The van der Waals surface area contributed by atoms with E-state index < -0.39 is 20.2 Å². The van der Waals surface area contributed by atoms with Crippen molar-refractivity contribution in [3.05, 3.63) is 24.3 Å². The van der Waals surface area contributed by atoms with Crippen LogP contribution in [0.15, 0.2) is 24.3 Å². The van der Waals surface area contributed by atoms with Gasteiger partial charge in [-0.15, -0.1) is 0 Å². The Morgan fingerprint density at radius 2 is 1.27 bits per heavy atom. The van der Waals surface area contributed by atoms with Crippen LogP contribution in [0.4, 0.5) is 11.4 Å². The molecule has 0 aliphatic carbocycles. The molecule has 0 atom stereocenters. The number of nitrogens with one attached hydrogen (secondary N) is 2. The Bertz CT molecular complexity index is 763. The molecule has 1 aromatic carbocycles. The Morgan fingerprint density at radius 1 is 0.846 bits per heavy atom. The second kappa shape index (κ2) is 9.57. The van der Waals surface area contributed by atoms with E-state index in [1.807, 2.05) is 27.7 Å². The van der Waals surface area contributed by atoms with E-state index in [2.05, 4.69) is 9.44 Å².